The summed E-state index contributed by atoms with van der Waals surface area (Å²) in [5.41, 5.74) is 0.985. The minimum Gasteiger partial charge on any atom is -0.477 e. The van der Waals surface area contributed by atoms with Gasteiger partial charge in [-0.05, 0) is 44.1 Å². The molecule has 0 aliphatic carbocycles. The first-order valence-electron chi connectivity index (χ1n) is 8.15. The molecule has 126 valence electrons. The highest BCUT2D eigenvalue weighted by Gasteiger charge is 2.56. The summed E-state index contributed by atoms with van der Waals surface area (Å²) in [6, 6.07) is -0.190. The average molecular weight is 321 g/mol. The number of aliphatic hydroxyl groups excluding tert-OH is 1. The molecule has 1 amide bonds. The third-order valence-electron chi connectivity index (χ3n) is 5.39. The van der Waals surface area contributed by atoms with Crippen LogP contribution < -0.4 is 0 Å². The van der Waals surface area contributed by atoms with Crippen LogP contribution in [0.2, 0.25) is 0 Å². The maximum absolute atomic E-state index is 12.2. The maximum Gasteiger partial charge on any atom is 0.352 e. The summed E-state index contributed by atoms with van der Waals surface area (Å²) in [4.78, 5) is 27.1. The normalized spacial score (nSPS) is 29.4. The number of likely N-dealkylation sites (tertiary alicyclic amines) is 1. The van der Waals surface area contributed by atoms with E-state index in [9.17, 15) is 19.8 Å². The zero-order valence-corrected chi connectivity index (χ0v) is 13.2. The lowest BCUT2D eigenvalue weighted by Gasteiger charge is -2.44. The number of aliphatic hydroxyl groups is 1. The van der Waals surface area contributed by atoms with E-state index in [4.69, 9.17) is 5.41 Å². The van der Waals surface area contributed by atoms with E-state index < -0.39 is 18.0 Å². The SMILES string of the molecule is C[C@@H](O)[C@H]1C(=O)N2C(C(=O)O)=C(CC3CCN(C=N)CC3)C[C@H]12. The summed E-state index contributed by atoms with van der Waals surface area (Å²) in [7, 11) is 0. The van der Waals surface area contributed by atoms with E-state index in [1.807, 2.05) is 4.90 Å². The van der Waals surface area contributed by atoms with Gasteiger partial charge in [-0.2, -0.15) is 0 Å². The molecule has 3 aliphatic heterocycles. The number of carboxylic acid groups (broad SMARTS) is 1. The van der Waals surface area contributed by atoms with Crippen molar-refractivity contribution in [1.82, 2.24) is 9.80 Å². The van der Waals surface area contributed by atoms with Gasteiger partial charge < -0.3 is 20.0 Å². The monoisotopic (exact) mass is 321 g/mol. The van der Waals surface area contributed by atoms with Crippen LogP contribution in [0.15, 0.2) is 11.3 Å². The molecule has 0 aromatic carbocycles. The van der Waals surface area contributed by atoms with Gasteiger partial charge in [-0.25, -0.2) is 4.79 Å². The molecule has 0 radical (unpaired) electrons. The Morgan fingerprint density at radius 3 is 2.61 bits per heavy atom. The van der Waals surface area contributed by atoms with Crippen molar-refractivity contribution in [3.05, 3.63) is 11.3 Å². The Balaban J connectivity index is 1.73. The molecular weight excluding hydrogens is 298 g/mol. The number of amides is 1. The number of β-lactam (4-membered cyclic amide) rings is 1. The number of fused-ring (bicyclic) bond motifs is 1. The van der Waals surface area contributed by atoms with E-state index in [1.165, 1.54) is 11.2 Å². The smallest absolute Gasteiger partial charge is 0.352 e. The molecule has 2 fully saturated rings. The molecule has 0 saturated carbocycles. The Morgan fingerprint density at radius 1 is 1.43 bits per heavy atom. The Morgan fingerprint density at radius 2 is 2.09 bits per heavy atom. The van der Waals surface area contributed by atoms with Gasteiger partial charge in [0.2, 0.25) is 5.91 Å². The van der Waals surface area contributed by atoms with Crippen molar-refractivity contribution < 1.29 is 19.8 Å². The zero-order chi connectivity index (χ0) is 16.7. The number of carbonyl (C=O) groups is 2. The second-order valence-corrected chi connectivity index (χ2v) is 6.82. The molecule has 0 unspecified atom stereocenters. The Hall–Kier alpha value is -1.89. The van der Waals surface area contributed by atoms with Crippen LogP contribution in [0.1, 0.15) is 32.6 Å². The van der Waals surface area contributed by atoms with Crippen LogP contribution in [0.4, 0.5) is 0 Å². The summed E-state index contributed by atoms with van der Waals surface area (Å²) < 4.78 is 0. The molecule has 0 bridgehead atoms. The fourth-order valence-electron chi connectivity index (χ4n) is 4.18. The molecule has 3 N–H and O–H groups in total. The topological polar surface area (TPSA) is 105 Å². The highest BCUT2D eigenvalue weighted by atomic mass is 16.4. The van der Waals surface area contributed by atoms with Crippen LogP contribution >= 0.6 is 0 Å². The largest absolute Gasteiger partial charge is 0.477 e. The van der Waals surface area contributed by atoms with Gasteiger partial charge >= 0.3 is 5.97 Å². The number of hydrogen-bond donors (Lipinski definition) is 3. The minimum atomic E-state index is -1.04. The molecule has 2 saturated heterocycles. The predicted molar refractivity (Wildman–Crippen MR) is 82.8 cm³/mol. The standard InChI is InChI=1S/C16H23N3O4/c1-9(20)13-12-7-11(14(16(22)23)19(12)15(13)21)6-10-2-4-18(8-17)5-3-10/h8-10,12-13,17,20H,2-7H2,1H3,(H,22,23)/t9-,12-,13-/m1/s1. The van der Waals surface area contributed by atoms with E-state index in [0.29, 0.717) is 18.8 Å². The molecule has 0 aromatic rings. The molecule has 0 spiro atoms. The van der Waals surface area contributed by atoms with Gasteiger partial charge in [0.25, 0.3) is 0 Å². The first-order chi connectivity index (χ1) is 10.9. The van der Waals surface area contributed by atoms with Gasteiger partial charge in [0, 0.05) is 13.1 Å². The van der Waals surface area contributed by atoms with Gasteiger partial charge in [-0.1, -0.05) is 0 Å². The van der Waals surface area contributed by atoms with Crippen molar-refractivity contribution in [2.75, 3.05) is 13.1 Å². The molecule has 3 aliphatic rings. The van der Waals surface area contributed by atoms with E-state index in [2.05, 4.69) is 0 Å². The summed E-state index contributed by atoms with van der Waals surface area (Å²) >= 11 is 0. The van der Waals surface area contributed by atoms with Crippen molar-refractivity contribution in [3.63, 3.8) is 0 Å². The number of aliphatic carboxylic acids is 1. The van der Waals surface area contributed by atoms with Crippen molar-refractivity contribution in [3.8, 4) is 0 Å². The number of carbonyl (C=O) groups excluding carboxylic acids is 1. The lowest BCUT2D eigenvalue weighted by atomic mass is 9.82. The number of nitrogens with zero attached hydrogens (tertiary/aromatic N) is 2. The summed E-state index contributed by atoms with van der Waals surface area (Å²) in [6.07, 6.45) is 3.74. The van der Waals surface area contributed by atoms with E-state index >= 15 is 0 Å². The third kappa shape index (κ3) is 2.63. The van der Waals surface area contributed by atoms with Gasteiger partial charge in [0.1, 0.15) is 5.70 Å². The fraction of sp³-hybridized carbons (Fsp3) is 0.688. The Bertz CT molecular complexity index is 564. The number of hydrogen-bond acceptors (Lipinski definition) is 4. The summed E-state index contributed by atoms with van der Waals surface area (Å²) in [6.45, 7) is 3.24. The highest BCUT2D eigenvalue weighted by molar-refractivity contribution is 5.99. The number of nitrogens with one attached hydrogen (secondary N) is 1. The number of rotatable bonds is 5. The predicted octanol–water partition coefficient (Wildman–Crippen LogP) is 0.646. The van der Waals surface area contributed by atoms with Gasteiger partial charge in [0.15, 0.2) is 0 Å². The van der Waals surface area contributed by atoms with Gasteiger partial charge in [-0.3, -0.25) is 10.2 Å². The van der Waals surface area contributed by atoms with Crippen LogP contribution in [0.3, 0.4) is 0 Å². The van der Waals surface area contributed by atoms with Gasteiger partial charge in [0.05, 0.1) is 24.4 Å². The number of piperidine rings is 1. The molecule has 3 heterocycles. The molecule has 7 nitrogen and oxygen atoms in total. The molecular formula is C16H23N3O4. The fourth-order valence-corrected chi connectivity index (χ4v) is 4.18. The number of carboxylic acids is 1. The average Bonchev–Trinajstić information content (AvgIpc) is 2.82. The van der Waals surface area contributed by atoms with Gasteiger partial charge in [-0.15, -0.1) is 0 Å². The molecule has 7 heteroatoms. The molecule has 0 aromatic heterocycles. The maximum atomic E-state index is 12.2. The van der Waals surface area contributed by atoms with Crippen molar-refractivity contribution >= 4 is 18.2 Å². The quantitative estimate of drug-likeness (QED) is 0.392. The van der Waals surface area contributed by atoms with Crippen molar-refractivity contribution in [1.29, 1.82) is 5.41 Å². The molecule has 3 rings (SSSR count). The van der Waals surface area contributed by atoms with E-state index in [0.717, 1.165) is 31.5 Å². The Kier molecular flexibility index (Phi) is 4.14. The molecule has 3 atom stereocenters. The van der Waals surface area contributed by atoms with Crippen molar-refractivity contribution in [2.45, 2.75) is 44.8 Å². The second kappa shape index (κ2) is 5.96. The van der Waals surface area contributed by atoms with E-state index in [-0.39, 0.29) is 17.6 Å². The highest BCUT2D eigenvalue weighted by Crippen LogP contribution is 2.45. The van der Waals surface area contributed by atoms with E-state index in [1.54, 1.807) is 6.92 Å². The summed E-state index contributed by atoms with van der Waals surface area (Å²) in [5, 5.41) is 26.5. The summed E-state index contributed by atoms with van der Waals surface area (Å²) in [5.74, 6) is -1.39. The second-order valence-electron chi connectivity index (χ2n) is 6.82. The first kappa shape index (κ1) is 16.0. The van der Waals surface area contributed by atoms with Crippen LogP contribution in [-0.4, -0.2) is 63.5 Å². The third-order valence-corrected chi connectivity index (χ3v) is 5.39. The molecule has 23 heavy (non-hydrogen) atoms. The van der Waals surface area contributed by atoms with Crippen LogP contribution in [0, 0.1) is 17.2 Å². The lowest BCUT2D eigenvalue weighted by Crippen LogP contribution is -2.61. The van der Waals surface area contributed by atoms with Crippen LogP contribution in [0.5, 0.6) is 0 Å². The lowest BCUT2D eigenvalue weighted by molar-refractivity contribution is -0.161. The van der Waals surface area contributed by atoms with Crippen LogP contribution in [0.25, 0.3) is 0 Å². The van der Waals surface area contributed by atoms with Crippen LogP contribution in [-0.2, 0) is 9.59 Å². The first-order valence-corrected chi connectivity index (χ1v) is 8.15. The van der Waals surface area contributed by atoms with Crippen molar-refractivity contribution in [2.24, 2.45) is 11.8 Å². The zero-order valence-electron chi connectivity index (χ0n) is 13.2. The Labute approximate surface area is 135 Å². The minimum absolute atomic E-state index is 0.145.